The molecule has 0 atom stereocenters. The van der Waals surface area contributed by atoms with Gasteiger partial charge in [-0.05, 0) is 18.2 Å². The molecule has 0 aliphatic rings. The van der Waals surface area contributed by atoms with E-state index >= 15 is 0 Å². The van der Waals surface area contributed by atoms with Crippen LogP contribution in [0, 0.1) is 0 Å². The molecule has 2 aromatic rings. The number of nitrogens with zero attached hydrogens (tertiary/aromatic N) is 1. The van der Waals surface area contributed by atoms with Gasteiger partial charge in [0.15, 0.2) is 6.29 Å². The largest absolute Gasteiger partial charge is 0.573 e. The highest BCUT2D eigenvalue weighted by atomic mass is 19.4. The molecule has 0 aliphatic carbocycles. The number of ether oxygens (including phenoxy) is 1. The quantitative estimate of drug-likeness (QED) is 0.759. The molecule has 0 spiro atoms. The number of benzene rings is 1. The van der Waals surface area contributed by atoms with Gasteiger partial charge in [-0.2, -0.15) is 0 Å². The van der Waals surface area contributed by atoms with E-state index in [2.05, 4.69) is 4.74 Å². The highest BCUT2D eigenvalue weighted by Gasteiger charge is 2.31. The van der Waals surface area contributed by atoms with Gasteiger partial charge in [0, 0.05) is 29.7 Å². The summed E-state index contributed by atoms with van der Waals surface area (Å²) in [5, 5.41) is 0.434. The lowest BCUT2D eigenvalue weighted by Crippen LogP contribution is -2.17. The third kappa shape index (κ3) is 2.25. The van der Waals surface area contributed by atoms with Crippen molar-refractivity contribution in [3.63, 3.8) is 0 Å². The van der Waals surface area contributed by atoms with Crippen LogP contribution in [0.4, 0.5) is 13.2 Å². The van der Waals surface area contributed by atoms with Gasteiger partial charge in [-0.15, -0.1) is 13.2 Å². The molecule has 0 bridgehead atoms. The number of halogens is 3. The van der Waals surface area contributed by atoms with E-state index < -0.39 is 6.36 Å². The van der Waals surface area contributed by atoms with Crippen molar-refractivity contribution < 1.29 is 22.7 Å². The maximum atomic E-state index is 12.0. The van der Waals surface area contributed by atoms with E-state index in [0.717, 1.165) is 0 Å². The average molecular weight is 243 g/mol. The second kappa shape index (κ2) is 3.80. The summed E-state index contributed by atoms with van der Waals surface area (Å²) in [6, 6.07) is 3.89. The maximum absolute atomic E-state index is 12.0. The van der Waals surface area contributed by atoms with Crippen molar-refractivity contribution in [1.82, 2.24) is 4.57 Å². The fourth-order valence-electron chi connectivity index (χ4n) is 1.69. The number of aryl methyl sites for hydroxylation is 1. The highest BCUT2D eigenvalue weighted by molar-refractivity contribution is 5.98. The summed E-state index contributed by atoms with van der Waals surface area (Å²) in [4.78, 5) is 10.8. The second-order valence-corrected chi connectivity index (χ2v) is 3.54. The topological polar surface area (TPSA) is 31.2 Å². The van der Waals surface area contributed by atoms with Crippen molar-refractivity contribution in [2.45, 2.75) is 6.36 Å². The average Bonchev–Trinajstić information content (AvgIpc) is 2.53. The molecule has 3 nitrogen and oxygen atoms in total. The fraction of sp³-hybridized carbons (Fsp3) is 0.182. The molecule has 17 heavy (non-hydrogen) atoms. The van der Waals surface area contributed by atoms with Crippen LogP contribution in [0.25, 0.3) is 10.9 Å². The number of alkyl halides is 3. The molecule has 0 N–H and O–H groups in total. The van der Waals surface area contributed by atoms with Gasteiger partial charge in [0.1, 0.15) is 5.75 Å². The number of rotatable bonds is 2. The Balaban J connectivity index is 2.52. The molecule has 0 saturated carbocycles. The molecule has 1 aromatic carbocycles. The van der Waals surface area contributed by atoms with E-state index in [-0.39, 0.29) is 5.75 Å². The first-order valence-corrected chi connectivity index (χ1v) is 4.71. The van der Waals surface area contributed by atoms with Crippen LogP contribution in [0.2, 0.25) is 0 Å². The van der Waals surface area contributed by atoms with Crippen LogP contribution in [0.3, 0.4) is 0 Å². The minimum absolute atomic E-state index is 0.329. The zero-order valence-corrected chi connectivity index (χ0v) is 8.78. The maximum Gasteiger partial charge on any atom is 0.573 e. The Labute approximate surface area is 94.4 Å². The van der Waals surface area contributed by atoms with E-state index in [0.29, 0.717) is 22.8 Å². The summed E-state index contributed by atoms with van der Waals surface area (Å²) in [7, 11) is 1.71. The standard InChI is InChI=1S/C11H8F3NO2/c1-15-5-7(6-16)9-4-8(2-3-10(9)15)17-11(12,13)14/h2-6H,1H3. The minimum Gasteiger partial charge on any atom is -0.406 e. The van der Waals surface area contributed by atoms with E-state index in [4.69, 9.17) is 0 Å². The van der Waals surface area contributed by atoms with Crippen molar-refractivity contribution in [2.75, 3.05) is 0 Å². The Hall–Kier alpha value is -1.98. The Morgan fingerprint density at radius 1 is 1.35 bits per heavy atom. The van der Waals surface area contributed by atoms with Crippen LogP contribution in [-0.2, 0) is 7.05 Å². The first-order chi connectivity index (χ1) is 7.90. The van der Waals surface area contributed by atoms with Crippen LogP contribution in [-0.4, -0.2) is 17.2 Å². The SMILES string of the molecule is Cn1cc(C=O)c2cc(OC(F)(F)F)ccc21. The molecular formula is C11H8F3NO2. The number of hydrogen-bond donors (Lipinski definition) is 0. The van der Waals surface area contributed by atoms with E-state index in [1.54, 1.807) is 17.8 Å². The molecule has 0 fully saturated rings. The van der Waals surface area contributed by atoms with Crippen molar-refractivity contribution in [3.8, 4) is 5.75 Å². The predicted octanol–water partition coefficient (Wildman–Crippen LogP) is 2.89. The van der Waals surface area contributed by atoms with Gasteiger partial charge in [-0.1, -0.05) is 0 Å². The molecule has 2 rings (SSSR count). The van der Waals surface area contributed by atoms with Crippen LogP contribution in [0.5, 0.6) is 5.75 Å². The molecule has 0 saturated heterocycles. The van der Waals surface area contributed by atoms with Gasteiger partial charge in [0.25, 0.3) is 0 Å². The van der Waals surface area contributed by atoms with Crippen LogP contribution in [0.15, 0.2) is 24.4 Å². The fourth-order valence-corrected chi connectivity index (χ4v) is 1.69. The number of carbonyl (C=O) groups excluding carboxylic acids is 1. The Morgan fingerprint density at radius 2 is 2.06 bits per heavy atom. The lowest BCUT2D eigenvalue weighted by Gasteiger charge is -2.08. The van der Waals surface area contributed by atoms with Gasteiger partial charge >= 0.3 is 6.36 Å². The number of fused-ring (bicyclic) bond motifs is 1. The summed E-state index contributed by atoms with van der Waals surface area (Å²) in [5.74, 6) is -0.334. The predicted molar refractivity (Wildman–Crippen MR) is 55.0 cm³/mol. The van der Waals surface area contributed by atoms with Crippen LogP contribution >= 0.6 is 0 Å². The minimum atomic E-state index is -4.73. The van der Waals surface area contributed by atoms with E-state index in [1.165, 1.54) is 18.2 Å². The molecule has 1 heterocycles. The summed E-state index contributed by atoms with van der Waals surface area (Å²) in [6.07, 6.45) is -2.58. The van der Waals surface area contributed by atoms with Crippen LogP contribution in [0.1, 0.15) is 10.4 Å². The van der Waals surface area contributed by atoms with Gasteiger partial charge in [-0.3, -0.25) is 4.79 Å². The van der Waals surface area contributed by atoms with Crippen molar-refractivity contribution >= 4 is 17.2 Å². The van der Waals surface area contributed by atoms with Crippen LogP contribution < -0.4 is 4.74 Å². The number of carbonyl (C=O) groups is 1. The molecule has 0 amide bonds. The molecule has 90 valence electrons. The summed E-state index contributed by atoms with van der Waals surface area (Å²) in [6.45, 7) is 0. The first-order valence-electron chi connectivity index (χ1n) is 4.71. The Morgan fingerprint density at radius 3 is 2.65 bits per heavy atom. The number of hydrogen-bond acceptors (Lipinski definition) is 2. The van der Waals surface area contributed by atoms with Crippen molar-refractivity contribution in [1.29, 1.82) is 0 Å². The van der Waals surface area contributed by atoms with Gasteiger partial charge < -0.3 is 9.30 Å². The molecule has 1 aromatic heterocycles. The molecule has 6 heteroatoms. The van der Waals surface area contributed by atoms with Gasteiger partial charge in [0.2, 0.25) is 0 Å². The van der Waals surface area contributed by atoms with Gasteiger partial charge in [0.05, 0.1) is 0 Å². The van der Waals surface area contributed by atoms with Crippen molar-refractivity contribution in [2.24, 2.45) is 7.05 Å². The molecule has 0 radical (unpaired) electrons. The van der Waals surface area contributed by atoms with E-state index in [1.807, 2.05) is 0 Å². The molecular weight excluding hydrogens is 235 g/mol. The third-order valence-electron chi connectivity index (χ3n) is 2.35. The first kappa shape index (κ1) is 11.5. The summed E-state index contributed by atoms with van der Waals surface area (Å²) >= 11 is 0. The van der Waals surface area contributed by atoms with E-state index in [9.17, 15) is 18.0 Å². The Kier molecular flexibility index (Phi) is 2.57. The second-order valence-electron chi connectivity index (χ2n) is 3.54. The number of aldehydes is 1. The number of aromatic nitrogens is 1. The molecule has 0 unspecified atom stereocenters. The normalized spacial score (nSPS) is 11.8. The lowest BCUT2D eigenvalue weighted by molar-refractivity contribution is -0.274. The lowest BCUT2D eigenvalue weighted by atomic mass is 10.2. The monoisotopic (exact) mass is 243 g/mol. The zero-order valence-electron chi connectivity index (χ0n) is 8.78. The summed E-state index contributed by atoms with van der Waals surface area (Å²) < 4.78 is 41.6. The smallest absolute Gasteiger partial charge is 0.406 e. The highest BCUT2D eigenvalue weighted by Crippen LogP contribution is 2.28. The molecule has 0 aliphatic heterocycles. The van der Waals surface area contributed by atoms with Gasteiger partial charge in [-0.25, -0.2) is 0 Å². The zero-order chi connectivity index (χ0) is 12.6. The third-order valence-corrected chi connectivity index (χ3v) is 2.35. The summed E-state index contributed by atoms with van der Waals surface area (Å²) in [5.41, 5.74) is 0.997. The Bertz CT molecular complexity index is 572. The van der Waals surface area contributed by atoms with Crippen molar-refractivity contribution in [3.05, 3.63) is 30.0 Å².